The summed E-state index contributed by atoms with van der Waals surface area (Å²) in [4.78, 5) is 28.5. The van der Waals surface area contributed by atoms with E-state index in [9.17, 15) is 14.7 Å². The zero-order valence-corrected chi connectivity index (χ0v) is 11.9. The molecule has 1 unspecified atom stereocenters. The minimum atomic E-state index is -0.754. The fraction of sp³-hybridized carbons (Fsp3) is 0.375. The average Bonchev–Trinajstić information content (AvgIpc) is 2.93. The number of nitrogens with one attached hydrogen (secondary N) is 1. The highest BCUT2D eigenvalue weighted by atomic mass is 16.4. The molecule has 1 atom stereocenters. The van der Waals surface area contributed by atoms with Crippen molar-refractivity contribution < 1.29 is 9.90 Å². The summed E-state index contributed by atoms with van der Waals surface area (Å²) in [6.07, 6.45) is 1.20. The van der Waals surface area contributed by atoms with Crippen molar-refractivity contribution in [1.29, 1.82) is 0 Å². The maximum absolute atomic E-state index is 12.1. The van der Waals surface area contributed by atoms with E-state index in [2.05, 4.69) is 4.98 Å². The Balaban J connectivity index is 1.99. The Morgan fingerprint density at radius 2 is 2.19 bits per heavy atom. The molecule has 2 N–H and O–H groups in total. The van der Waals surface area contributed by atoms with Crippen LogP contribution in [0.3, 0.4) is 0 Å². The fourth-order valence-electron chi connectivity index (χ4n) is 3.06. The van der Waals surface area contributed by atoms with Gasteiger partial charge in [-0.25, -0.2) is 0 Å². The highest BCUT2D eigenvalue weighted by Gasteiger charge is 2.43. The number of carboxylic acid groups (broad SMARTS) is 1. The molecule has 110 valence electrons. The number of benzene rings is 1. The molecule has 1 aliphatic heterocycles. The average molecular weight is 286 g/mol. The molecule has 3 rings (SSSR count). The van der Waals surface area contributed by atoms with Crippen molar-refractivity contribution in [3.63, 3.8) is 0 Å². The number of carbonyl (C=O) groups is 1. The van der Waals surface area contributed by atoms with Crippen LogP contribution in [0.1, 0.15) is 19.8 Å². The topological polar surface area (TPSA) is 73.4 Å². The maximum atomic E-state index is 12.1. The lowest BCUT2D eigenvalue weighted by atomic mass is 9.84. The molecular weight excluding hydrogens is 268 g/mol. The molecular formula is C16H18N2O3. The van der Waals surface area contributed by atoms with Crippen LogP contribution in [-0.2, 0) is 4.79 Å². The number of H-pyrrole nitrogens is 1. The normalized spacial score (nSPS) is 21.9. The molecule has 1 saturated heterocycles. The third-order valence-electron chi connectivity index (χ3n) is 4.56. The van der Waals surface area contributed by atoms with Gasteiger partial charge in [0.1, 0.15) is 5.82 Å². The first-order valence-electron chi connectivity index (χ1n) is 7.16. The quantitative estimate of drug-likeness (QED) is 0.907. The summed E-state index contributed by atoms with van der Waals surface area (Å²) >= 11 is 0. The second kappa shape index (κ2) is 4.91. The van der Waals surface area contributed by atoms with E-state index in [4.69, 9.17) is 0 Å². The van der Waals surface area contributed by atoms with Crippen molar-refractivity contribution in [1.82, 2.24) is 4.98 Å². The molecule has 5 nitrogen and oxygen atoms in total. The summed E-state index contributed by atoms with van der Waals surface area (Å²) in [5, 5.41) is 11.0. The Kier molecular flexibility index (Phi) is 3.20. The van der Waals surface area contributed by atoms with Crippen molar-refractivity contribution in [3.8, 4) is 0 Å². The van der Waals surface area contributed by atoms with Gasteiger partial charge in [-0.3, -0.25) is 9.59 Å². The van der Waals surface area contributed by atoms with Crippen LogP contribution < -0.4 is 10.5 Å². The molecule has 1 fully saturated rings. The summed E-state index contributed by atoms with van der Waals surface area (Å²) in [5.41, 5.74) is -0.838. The molecule has 1 aromatic heterocycles. The molecule has 21 heavy (non-hydrogen) atoms. The number of nitrogens with zero attached hydrogens (tertiary/aromatic N) is 1. The first-order valence-corrected chi connectivity index (χ1v) is 7.16. The van der Waals surface area contributed by atoms with Gasteiger partial charge in [0.2, 0.25) is 0 Å². The number of aromatic amines is 1. The largest absolute Gasteiger partial charge is 0.481 e. The highest BCUT2D eigenvalue weighted by molar-refractivity contribution is 5.84. The van der Waals surface area contributed by atoms with Gasteiger partial charge in [-0.2, -0.15) is 0 Å². The molecule has 0 saturated carbocycles. The second-order valence-electron chi connectivity index (χ2n) is 5.68. The zero-order chi connectivity index (χ0) is 15.0. The summed E-state index contributed by atoms with van der Waals surface area (Å²) < 4.78 is 0. The molecule has 0 radical (unpaired) electrons. The molecule has 5 heteroatoms. The van der Waals surface area contributed by atoms with Crippen molar-refractivity contribution >= 4 is 22.6 Å². The predicted octanol–water partition coefficient (Wildman–Crippen LogP) is 2.22. The van der Waals surface area contributed by atoms with Gasteiger partial charge in [-0.1, -0.05) is 25.1 Å². The van der Waals surface area contributed by atoms with E-state index in [1.807, 2.05) is 36.1 Å². The third kappa shape index (κ3) is 2.18. The monoisotopic (exact) mass is 286 g/mol. The first-order chi connectivity index (χ1) is 10.1. The van der Waals surface area contributed by atoms with Crippen LogP contribution in [0.2, 0.25) is 0 Å². The van der Waals surface area contributed by atoms with E-state index in [1.54, 1.807) is 6.07 Å². The van der Waals surface area contributed by atoms with E-state index >= 15 is 0 Å². The summed E-state index contributed by atoms with van der Waals surface area (Å²) in [5.74, 6) is -0.0501. The van der Waals surface area contributed by atoms with Crippen molar-refractivity contribution in [2.75, 3.05) is 18.0 Å². The molecule has 2 heterocycles. The number of fused-ring (bicyclic) bond motifs is 1. The number of pyridine rings is 1. The van der Waals surface area contributed by atoms with Crippen molar-refractivity contribution in [2.45, 2.75) is 19.8 Å². The molecule has 0 spiro atoms. The van der Waals surface area contributed by atoms with Gasteiger partial charge in [-0.15, -0.1) is 0 Å². The number of rotatable bonds is 3. The molecule has 2 aromatic rings. The van der Waals surface area contributed by atoms with Gasteiger partial charge < -0.3 is 15.0 Å². The van der Waals surface area contributed by atoms with Gasteiger partial charge >= 0.3 is 5.97 Å². The van der Waals surface area contributed by atoms with E-state index in [0.717, 1.165) is 5.39 Å². The van der Waals surface area contributed by atoms with Crippen molar-refractivity contribution in [3.05, 3.63) is 40.7 Å². The minimum absolute atomic E-state index is 0.132. The lowest BCUT2D eigenvalue weighted by molar-refractivity contribution is -0.147. The molecule has 0 aliphatic carbocycles. The van der Waals surface area contributed by atoms with Crippen LogP contribution >= 0.6 is 0 Å². The number of aromatic nitrogens is 1. The lowest BCUT2D eigenvalue weighted by Gasteiger charge is -2.24. The van der Waals surface area contributed by atoms with E-state index in [-0.39, 0.29) is 5.56 Å². The smallest absolute Gasteiger partial charge is 0.311 e. The van der Waals surface area contributed by atoms with Gasteiger partial charge in [0, 0.05) is 18.5 Å². The predicted molar refractivity (Wildman–Crippen MR) is 81.8 cm³/mol. The van der Waals surface area contributed by atoms with E-state index < -0.39 is 11.4 Å². The number of anilines is 1. The number of aliphatic carboxylic acids is 1. The van der Waals surface area contributed by atoms with Gasteiger partial charge in [0.15, 0.2) is 0 Å². The Morgan fingerprint density at radius 3 is 2.86 bits per heavy atom. The number of hydrogen-bond donors (Lipinski definition) is 2. The van der Waals surface area contributed by atoms with Crippen LogP contribution in [0.15, 0.2) is 35.1 Å². The number of hydrogen-bond acceptors (Lipinski definition) is 3. The summed E-state index contributed by atoms with van der Waals surface area (Å²) in [6.45, 7) is 2.99. The molecule has 1 aliphatic rings. The van der Waals surface area contributed by atoms with Gasteiger partial charge in [0.25, 0.3) is 5.56 Å². The van der Waals surface area contributed by atoms with Crippen LogP contribution in [0.25, 0.3) is 10.8 Å². The Labute approximate surface area is 122 Å². The van der Waals surface area contributed by atoms with E-state index in [0.29, 0.717) is 37.1 Å². The Morgan fingerprint density at radius 1 is 1.43 bits per heavy atom. The lowest BCUT2D eigenvalue weighted by Crippen LogP contribution is -2.34. The zero-order valence-electron chi connectivity index (χ0n) is 11.9. The molecule has 0 amide bonds. The highest BCUT2D eigenvalue weighted by Crippen LogP contribution is 2.36. The van der Waals surface area contributed by atoms with Crippen LogP contribution in [-0.4, -0.2) is 29.1 Å². The van der Waals surface area contributed by atoms with Crippen LogP contribution in [0.5, 0.6) is 0 Å². The summed E-state index contributed by atoms with van der Waals surface area (Å²) in [6, 6.07) is 9.33. The first kappa shape index (κ1) is 13.7. The second-order valence-corrected chi connectivity index (χ2v) is 5.68. The molecule has 0 bridgehead atoms. The third-order valence-corrected chi connectivity index (χ3v) is 4.56. The molecule has 1 aromatic carbocycles. The van der Waals surface area contributed by atoms with Gasteiger partial charge in [-0.05, 0) is 30.4 Å². The maximum Gasteiger partial charge on any atom is 0.311 e. The SMILES string of the molecule is CCC1(C(=O)O)CCN(c2cc3ccccc3c(=O)[nH]2)C1. The van der Waals surface area contributed by atoms with Crippen LogP contribution in [0.4, 0.5) is 5.82 Å². The standard InChI is InChI=1S/C16H18N2O3/c1-2-16(15(20)21)7-8-18(10-16)13-9-11-5-3-4-6-12(11)14(19)17-13/h3-6,9H,2,7-8,10H2,1H3,(H,17,19)(H,20,21). The van der Waals surface area contributed by atoms with E-state index in [1.165, 1.54) is 0 Å². The Bertz CT molecular complexity index is 753. The van der Waals surface area contributed by atoms with Crippen LogP contribution in [0, 0.1) is 5.41 Å². The number of carboxylic acids is 1. The van der Waals surface area contributed by atoms with Gasteiger partial charge in [0.05, 0.1) is 5.41 Å². The fourth-order valence-corrected chi connectivity index (χ4v) is 3.06. The minimum Gasteiger partial charge on any atom is -0.481 e. The summed E-state index contributed by atoms with van der Waals surface area (Å²) in [7, 11) is 0. The van der Waals surface area contributed by atoms with Crippen molar-refractivity contribution in [2.24, 2.45) is 5.41 Å². The Hall–Kier alpha value is -2.30.